The molecule has 1 unspecified atom stereocenters. The molecule has 1 atom stereocenters. The van der Waals surface area contributed by atoms with Crippen molar-refractivity contribution in [2.24, 2.45) is 11.7 Å². The van der Waals surface area contributed by atoms with E-state index in [9.17, 15) is 4.79 Å². The van der Waals surface area contributed by atoms with E-state index in [2.05, 4.69) is 6.58 Å². The van der Waals surface area contributed by atoms with Gasteiger partial charge in [-0.2, -0.15) is 0 Å². The molecule has 14 heavy (non-hydrogen) atoms. The Morgan fingerprint density at radius 3 is 2.43 bits per heavy atom. The van der Waals surface area contributed by atoms with Crippen LogP contribution in [0.4, 0.5) is 0 Å². The second-order valence-corrected chi connectivity index (χ2v) is 3.71. The highest BCUT2D eigenvalue weighted by Crippen LogP contribution is 2.09. The third-order valence-corrected chi connectivity index (χ3v) is 2.36. The number of nitrogens with zero attached hydrogens (tertiary/aromatic N) is 1. The lowest BCUT2D eigenvalue weighted by Crippen LogP contribution is -2.42. The molecule has 1 amide bonds. The predicted molar refractivity (Wildman–Crippen MR) is 59.9 cm³/mol. The second-order valence-electron chi connectivity index (χ2n) is 3.71. The molecule has 2 N–H and O–H groups in total. The first-order valence-electron chi connectivity index (χ1n) is 5.19. The molecule has 0 aliphatic heterocycles. The molecule has 0 aromatic rings. The van der Waals surface area contributed by atoms with Gasteiger partial charge >= 0.3 is 0 Å². The molecule has 3 heteroatoms. The third-order valence-electron chi connectivity index (χ3n) is 2.36. The van der Waals surface area contributed by atoms with E-state index in [4.69, 9.17) is 5.73 Å². The van der Waals surface area contributed by atoms with Crippen LogP contribution in [-0.4, -0.2) is 29.9 Å². The molecular formula is C11H22N2O. The summed E-state index contributed by atoms with van der Waals surface area (Å²) in [5, 5.41) is 0. The number of hydrogen-bond acceptors (Lipinski definition) is 2. The number of amides is 1. The van der Waals surface area contributed by atoms with E-state index in [1.54, 1.807) is 6.08 Å². The highest BCUT2D eigenvalue weighted by atomic mass is 16.2. The first kappa shape index (κ1) is 13.2. The smallest absolute Gasteiger partial charge is 0.227 e. The molecule has 0 aliphatic carbocycles. The SMILES string of the molecule is C=CCN(C(=O)C(CC)CN)C(C)C. The van der Waals surface area contributed by atoms with Crippen molar-refractivity contribution in [1.29, 1.82) is 0 Å². The summed E-state index contributed by atoms with van der Waals surface area (Å²) in [5.41, 5.74) is 5.54. The molecule has 0 aliphatic rings. The maximum atomic E-state index is 11.9. The van der Waals surface area contributed by atoms with Gasteiger partial charge in [-0.05, 0) is 20.3 Å². The molecule has 82 valence electrons. The Balaban J connectivity index is 4.48. The fourth-order valence-corrected chi connectivity index (χ4v) is 1.37. The number of carbonyl (C=O) groups is 1. The van der Waals surface area contributed by atoms with Gasteiger partial charge in [0.15, 0.2) is 0 Å². The molecule has 3 nitrogen and oxygen atoms in total. The van der Waals surface area contributed by atoms with E-state index in [0.29, 0.717) is 13.1 Å². The number of carbonyl (C=O) groups excluding carboxylic acids is 1. The Kier molecular flexibility index (Phi) is 6.21. The summed E-state index contributed by atoms with van der Waals surface area (Å²) < 4.78 is 0. The van der Waals surface area contributed by atoms with Gasteiger partial charge in [0, 0.05) is 19.1 Å². The summed E-state index contributed by atoms with van der Waals surface area (Å²) >= 11 is 0. The third kappa shape index (κ3) is 3.50. The van der Waals surface area contributed by atoms with E-state index >= 15 is 0 Å². The lowest BCUT2D eigenvalue weighted by molar-refractivity contribution is -0.136. The van der Waals surface area contributed by atoms with Crippen molar-refractivity contribution < 1.29 is 4.79 Å². The standard InChI is InChI=1S/C11H22N2O/c1-5-7-13(9(3)4)11(14)10(6-2)8-12/h5,9-10H,1,6-8,12H2,2-4H3. The van der Waals surface area contributed by atoms with Crippen LogP contribution in [0.15, 0.2) is 12.7 Å². The average Bonchev–Trinajstić information content (AvgIpc) is 2.15. The minimum absolute atomic E-state index is 0.0441. The molecular weight excluding hydrogens is 176 g/mol. The number of hydrogen-bond donors (Lipinski definition) is 1. The zero-order valence-corrected chi connectivity index (χ0v) is 9.49. The molecule has 0 saturated carbocycles. The van der Waals surface area contributed by atoms with Crippen molar-refractivity contribution >= 4 is 5.91 Å². The Labute approximate surface area is 87.0 Å². The molecule has 0 radical (unpaired) electrons. The lowest BCUT2D eigenvalue weighted by atomic mass is 10.0. The van der Waals surface area contributed by atoms with Gasteiger partial charge in [0.25, 0.3) is 0 Å². The summed E-state index contributed by atoms with van der Waals surface area (Å²) in [6.07, 6.45) is 2.55. The van der Waals surface area contributed by atoms with Gasteiger partial charge in [-0.3, -0.25) is 4.79 Å². The highest BCUT2D eigenvalue weighted by Gasteiger charge is 2.22. The van der Waals surface area contributed by atoms with Crippen LogP contribution in [0, 0.1) is 5.92 Å². The van der Waals surface area contributed by atoms with Gasteiger partial charge in [-0.1, -0.05) is 13.0 Å². The molecule has 0 aromatic heterocycles. The van der Waals surface area contributed by atoms with Crippen LogP contribution in [0.1, 0.15) is 27.2 Å². The van der Waals surface area contributed by atoms with Crippen LogP contribution >= 0.6 is 0 Å². The Hall–Kier alpha value is -0.830. The molecule has 0 heterocycles. The van der Waals surface area contributed by atoms with Gasteiger partial charge < -0.3 is 10.6 Å². The quantitative estimate of drug-likeness (QED) is 0.656. The number of nitrogens with two attached hydrogens (primary N) is 1. The number of rotatable bonds is 6. The lowest BCUT2D eigenvalue weighted by Gasteiger charge is -2.28. The van der Waals surface area contributed by atoms with Crippen LogP contribution in [0.2, 0.25) is 0 Å². The average molecular weight is 198 g/mol. The van der Waals surface area contributed by atoms with Gasteiger partial charge in [-0.15, -0.1) is 6.58 Å². The predicted octanol–water partition coefficient (Wildman–Crippen LogP) is 1.39. The summed E-state index contributed by atoms with van der Waals surface area (Å²) in [6.45, 7) is 10.7. The monoisotopic (exact) mass is 198 g/mol. The van der Waals surface area contributed by atoms with Crippen molar-refractivity contribution in [3.05, 3.63) is 12.7 Å². The molecule has 0 rings (SSSR count). The van der Waals surface area contributed by atoms with E-state index in [1.165, 1.54) is 0 Å². The second kappa shape index (κ2) is 6.60. The van der Waals surface area contributed by atoms with E-state index < -0.39 is 0 Å². The van der Waals surface area contributed by atoms with E-state index in [-0.39, 0.29) is 17.9 Å². The summed E-state index contributed by atoms with van der Waals surface area (Å²) in [6, 6.07) is 0.209. The van der Waals surface area contributed by atoms with Crippen LogP contribution in [0.25, 0.3) is 0 Å². The summed E-state index contributed by atoms with van der Waals surface area (Å²) in [4.78, 5) is 13.7. The molecule has 0 spiro atoms. The molecule has 0 aromatic carbocycles. The Morgan fingerprint density at radius 2 is 2.14 bits per heavy atom. The first-order valence-corrected chi connectivity index (χ1v) is 5.19. The first-order chi connectivity index (χ1) is 6.58. The van der Waals surface area contributed by atoms with Gasteiger partial charge in [0.05, 0.1) is 5.92 Å². The molecule has 0 fully saturated rings. The maximum absolute atomic E-state index is 11.9. The van der Waals surface area contributed by atoms with Crippen molar-refractivity contribution in [2.45, 2.75) is 33.2 Å². The Bertz CT molecular complexity index is 186. The van der Waals surface area contributed by atoms with E-state index in [0.717, 1.165) is 6.42 Å². The van der Waals surface area contributed by atoms with Gasteiger partial charge in [0.1, 0.15) is 0 Å². The Morgan fingerprint density at radius 1 is 1.57 bits per heavy atom. The maximum Gasteiger partial charge on any atom is 0.227 e. The zero-order chi connectivity index (χ0) is 11.1. The fourth-order valence-electron chi connectivity index (χ4n) is 1.37. The zero-order valence-electron chi connectivity index (χ0n) is 9.49. The summed E-state index contributed by atoms with van der Waals surface area (Å²) in [5.74, 6) is 0.0993. The van der Waals surface area contributed by atoms with Crippen molar-refractivity contribution in [3.63, 3.8) is 0 Å². The molecule has 0 bridgehead atoms. The van der Waals surface area contributed by atoms with Crippen LogP contribution in [-0.2, 0) is 4.79 Å². The van der Waals surface area contributed by atoms with Crippen LogP contribution < -0.4 is 5.73 Å². The topological polar surface area (TPSA) is 46.3 Å². The van der Waals surface area contributed by atoms with Crippen LogP contribution in [0.3, 0.4) is 0 Å². The minimum Gasteiger partial charge on any atom is -0.336 e. The van der Waals surface area contributed by atoms with Crippen LogP contribution in [0.5, 0.6) is 0 Å². The highest BCUT2D eigenvalue weighted by molar-refractivity contribution is 5.79. The van der Waals surface area contributed by atoms with Gasteiger partial charge in [-0.25, -0.2) is 0 Å². The fraction of sp³-hybridized carbons (Fsp3) is 0.727. The van der Waals surface area contributed by atoms with E-state index in [1.807, 2.05) is 25.7 Å². The van der Waals surface area contributed by atoms with Crippen molar-refractivity contribution in [3.8, 4) is 0 Å². The molecule has 0 saturated heterocycles. The summed E-state index contributed by atoms with van der Waals surface area (Å²) in [7, 11) is 0. The van der Waals surface area contributed by atoms with Crippen molar-refractivity contribution in [2.75, 3.05) is 13.1 Å². The van der Waals surface area contributed by atoms with Crippen molar-refractivity contribution in [1.82, 2.24) is 4.90 Å². The largest absolute Gasteiger partial charge is 0.336 e. The minimum atomic E-state index is -0.0441. The normalized spacial score (nSPS) is 12.6. The van der Waals surface area contributed by atoms with Gasteiger partial charge in [0.2, 0.25) is 5.91 Å².